The van der Waals surface area contributed by atoms with Crippen molar-refractivity contribution in [2.45, 2.75) is 44.5 Å². The Kier molecular flexibility index (Phi) is 7.47. The monoisotopic (exact) mass is 532 g/mol. The number of ether oxygens (including phenoxy) is 4. The predicted molar refractivity (Wildman–Crippen MR) is 124 cm³/mol. The van der Waals surface area contributed by atoms with Gasteiger partial charge in [-0.25, -0.2) is 0 Å². The fourth-order valence-electron chi connectivity index (χ4n) is 4.62. The van der Waals surface area contributed by atoms with Crippen LogP contribution in [-0.4, -0.2) is 52.0 Å². The molecule has 2 aromatic carbocycles. The quantitative estimate of drug-likeness (QED) is 0.319. The minimum absolute atomic E-state index is 0.188. The lowest BCUT2D eigenvalue weighted by Gasteiger charge is -2.40. The van der Waals surface area contributed by atoms with Gasteiger partial charge in [0.15, 0.2) is 0 Å². The van der Waals surface area contributed by atoms with Gasteiger partial charge in [0.2, 0.25) is 5.41 Å². The maximum absolute atomic E-state index is 14.4. The molecule has 0 amide bonds. The maximum Gasteiger partial charge on any atom is 0.411 e. The fraction of sp³-hybridized carbons (Fsp3) is 0.556. The molecular weight excluding hydrogens is 502 g/mol. The van der Waals surface area contributed by atoms with Crippen molar-refractivity contribution < 1.29 is 45.3 Å². The highest BCUT2D eigenvalue weighted by Gasteiger charge is 2.72. The van der Waals surface area contributed by atoms with Crippen molar-refractivity contribution in [2.75, 3.05) is 39.6 Å². The van der Waals surface area contributed by atoms with E-state index in [0.717, 1.165) is 61.4 Å². The molecule has 0 atom stereocenters. The molecule has 2 fully saturated rings. The third-order valence-corrected chi connectivity index (χ3v) is 7.65. The average Bonchev–Trinajstić information content (AvgIpc) is 2.79. The molecule has 2 aromatic rings. The Labute approximate surface area is 211 Å². The van der Waals surface area contributed by atoms with E-state index in [4.69, 9.17) is 18.9 Å². The smallest absolute Gasteiger partial charge is 0.411 e. The van der Waals surface area contributed by atoms with Crippen molar-refractivity contribution >= 4 is 0 Å². The summed E-state index contributed by atoms with van der Waals surface area (Å²) in [5.74, 6) is 0.380. The van der Waals surface area contributed by atoms with E-state index in [9.17, 15) is 26.3 Å². The van der Waals surface area contributed by atoms with Gasteiger partial charge in [0.25, 0.3) is 0 Å². The van der Waals surface area contributed by atoms with Crippen molar-refractivity contribution in [1.29, 1.82) is 0 Å². The molecule has 0 N–H and O–H groups in total. The van der Waals surface area contributed by atoms with Gasteiger partial charge in [-0.1, -0.05) is 38.1 Å². The standard InChI is InChI=1S/C27H30F6O4/c1-3-23(13-34-14-23)17-36-21-9-5-19(6-10-21)25(26(28,29)30,27(31,32)33)20-7-11-22(12-8-20)37-18-24(4-2)15-35-16-24/h5-12H,3-4,13-18H2,1-2H3. The number of hydrogen-bond donors (Lipinski definition) is 0. The maximum atomic E-state index is 14.4. The fourth-order valence-corrected chi connectivity index (χ4v) is 4.62. The zero-order chi connectivity index (χ0) is 27.0. The summed E-state index contributed by atoms with van der Waals surface area (Å²) < 4.78 is 108. The Bertz CT molecular complexity index is 942. The summed E-state index contributed by atoms with van der Waals surface area (Å²) in [6, 6.07) is 7.91. The summed E-state index contributed by atoms with van der Waals surface area (Å²) in [5, 5.41) is 0. The second-order valence-corrected chi connectivity index (χ2v) is 10.1. The largest absolute Gasteiger partial charge is 0.493 e. The lowest BCUT2D eigenvalue weighted by atomic mass is 9.73. The molecule has 0 radical (unpaired) electrons. The van der Waals surface area contributed by atoms with E-state index in [1.54, 1.807) is 0 Å². The Hall–Kier alpha value is -2.46. The van der Waals surface area contributed by atoms with Crippen LogP contribution < -0.4 is 9.47 Å². The Morgan fingerprint density at radius 1 is 0.622 bits per heavy atom. The van der Waals surface area contributed by atoms with Crippen molar-refractivity contribution in [3.63, 3.8) is 0 Å². The van der Waals surface area contributed by atoms with E-state index in [1.807, 2.05) is 13.8 Å². The molecule has 2 aliphatic heterocycles. The number of rotatable bonds is 10. The Morgan fingerprint density at radius 2 is 0.946 bits per heavy atom. The topological polar surface area (TPSA) is 36.9 Å². The molecule has 0 bridgehead atoms. The number of alkyl halides is 6. The predicted octanol–water partition coefficient (Wildman–Crippen LogP) is 6.71. The Morgan fingerprint density at radius 3 is 1.16 bits per heavy atom. The van der Waals surface area contributed by atoms with Crippen molar-refractivity contribution in [2.24, 2.45) is 10.8 Å². The molecule has 37 heavy (non-hydrogen) atoms. The highest BCUT2D eigenvalue weighted by atomic mass is 19.4. The van der Waals surface area contributed by atoms with Gasteiger partial charge in [-0.2, -0.15) is 26.3 Å². The van der Waals surface area contributed by atoms with Crippen LogP contribution in [0.4, 0.5) is 26.3 Å². The third kappa shape index (κ3) is 5.02. The van der Waals surface area contributed by atoms with Gasteiger partial charge in [0, 0.05) is 0 Å². The summed E-state index contributed by atoms with van der Waals surface area (Å²) in [4.78, 5) is 0. The van der Waals surface area contributed by atoms with Crippen LogP contribution in [0.5, 0.6) is 11.5 Å². The van der Waals surface area contributed by atoms with E-state index < -0.39 is 28.9 Å². The minimum Gasteiger partial charge on any atom is -0.493 e. The first-order chi connectivity index (χ1) is 17.4. The van der Waals surface area contributed by atoms with Crippen molar-refractivity contribution in [3.8, 4) is 11.5 Å². The van der Waals surface area contributed by atoms with Gasteiger partial charge >= 0.3 is 12.4 Å². The molecule has 4 nitrogen and oxygen atoms in total. The van der Waals surface area contributed by atoms with Crippen molar-refractivity contribution in [3.05, 3.63) is 59.7 Å². The zero-order valence-corrected chi connectivity index (χ0v) is 20.7. The van der Waals surface area contributed by atoms with E-state index >= 15 is 0 Å². The second kappa shape index (κ2) is 10.0. The van der Waals surface area contributed by atoms with Gasteiger partial charge in [0.05, 0.1) is 50.5 Å². The van der Waals surface area contributed by atoms with Gasteiger partial charge in [0.1, 0.15) is 11.5 Å². The van der Waals surface area contributed by atoms with Gasteiger partial charge < -0.3 is 18.9 Å². The molecule has 0 aromatic heterocycles. The minimum atomic E-state index is -5.67. The van der Waals surface area contributed by atoms with E-state index in [-0.39, 0.29) is 35.5 Å². The summed E-state index contributed by atoms with van der Waals surface area (Å²) >= 11 is 0. The van der Waals surface area contributed by atoms with Crippen molar-refractivity contribution in [1.82, 2.24) is 0 Å². The summed E-state index contributed by atoms with van der Waals surface area (Å²) in [6.45, 7) is 6.46. The number of hydrogen-bond acceptors (Lipinski definition) is 4. The normalized spacial score (nSPS) is 19.0. The Balaban J connectivity index is 1.61. The molecule has 10 heteroatoms. The van der Waals surface area contributed by atoms with E-state index in [2.05, 4.69) is 0 Å². The van der Waals surface area contributed by atoms with E-state index in [0.29, 0.717) is 26.4 Å². The highest BCUT2D eigenvalue weighted by Crippen LogP contribution is 2.56. The van der Waals surface area contributed by atoms with Crippen LogP contribution in [0.15, 0.2) is 48.5 Å². The number of halogens is 6. The van der Waals surface area contributed by atoms with Gasteiger partial charge in [-0.05, 0) is 48.2 Å². The van der Waals surface area contributed by atoms with Crippen LogP contribution in [0, 0.1) is 10.8 Å². The second-order valence-electron chi connectivity index (χ2n) is 10.1. The molecule has 0 unspecified atom stereocenters. The van der Waals surface area contributed by atoms with Crippen LogP contribution >= 0.6 is 0 Å². The molecule has 2 aliphatic rings. The third-order valence-electron chi connectivity index (χ3n) is 7.65. The first-order valence-corrected chi connectivity index (χ1v) is 12.2. The first-order valence-electron chi connectivity index (χ1n) is 12.2. The average molecular weight is 533 g/mol. The zero-order valence-electron chi connectivity index (χ0n) is 20.7. The molecule has 204 valence electrons. The summed E-state index contributed by atoms with van der Waals surface area (Å²) in [5.41, 5.74) is -6.49. The molecule has 4 rings (SSSR count). The lowest BCUT2D eigenvalue weighted by molar-refractivity contribution is -0.288. The molecule has 2 heterocycles. The first kappa shape index (κ1) is 27.6. The molecule has 0 spiro atoms. The van der Waals surface area contributed by atoms with Crippen LogP contribution in [0.3, 0.4) is 0 Å². The SMILES string of the molecule is CCC1(COc2ccc(C(c3ccc(OCC4(CC)COC4)cc3)(C(F)(F)F)C(F)(F)F)cc2)COC1. The summed E-state index contributed by atoms with van der Waals surface area (Å²) in [6.07, 6.45) is -9.77. The molecule has 0 saturated carbocycles. The highest BCUT2D eigenvalue weighted by molar-refractivity contribution is 5.47. The molecule has 0 aliphatic carbocycles. The van der Waals surface area contributed by atoms with Gasteiger partial charge in [-0.3, -0.25) is 0 Å². The van der Waals surface area contributed by atoms with Crippen LogP contribution in [0.2, 0.25) is 0 Å². The van der Waals surface area contributed by atoms with E-state index in [1.165, 1.54) is 0 Å². The lowest BCUT2D eigenvalue weighted by Crippen LogP contribution is -2.54. The van der Waals surface area contributed by atoms with Crippen LogP contribution in [0.25, 0.3) is 0 Å². The van der Waals surface area contributed by atoms with Crippen LogP contribution in [-0.2, 0) is 14.9 Å². The molecular formula is C27H30F6O4. The molecule has 2 saturated heterocycles. The van der Waals surface area contributed by atoms with Crippen LogP contribution in [0.1, 0.15) is 37.8 Å². The summed E-state index contributed by atoms with van der Waals surface area (Å²) in [7, 11) is 0. The number of benzene rings is 2. The van der Waals surface area contributed by atoms with Gasteiger partial charge in [-0.15, -0.1) is 0 Å².